The molecular weight excluding hydrogens is 186 g/mol. The van der Waals surface area contributed by atoms with Crippen LogP contribution in [0.1, 0.15) is 45.4 Å². The van der Waals surface area contributed by atoms with E-state index in [1.165, 1.54) is 45.1 Å². The molecule has 2 nitrogen and oxygen atoms in total. The lowest BCUT2D eigenvalue weighted by atomic mass is 9.80. The highest BCUT2D eigenvalue weighted by atomic mass is 16.5. The predicted octanol–water partition coefficient (Wildman–Crippen LogP) is 2.83. The molecule has 0 aromatic carbocycles. The van der Waals surface area contributed by atoms with Gasteiger partial charge in [0.1, 0.15) is 0 Å². The third-order valence-electron chi connectivity index (χ3n) is 3.58. The van der Waals surface area contributed by atoms with Crippen LogP contribution in [-0.4, -0.2) is 26.8 Å². The fourth-order valence-electron chi connectivity index (χ4n) is 2.61. The van der Waals surface area contributed by atoms with Crippen molar-refractivity contribution >= 4 is 0 Å². The minimum Gasteiger partial charge on any atom is -0.383 e. The molecule has 0 amide bonds. The van der Waals surface area contributed by atoms with E-state index in [1.54, 1.807) is 7.11 Å². The lowest BCUT2D eigenvalue weighted by Crippen LogP contribution is -2.28. The van der Waals surface area contributed by atoms with Crippen LogP contribution in [0.15, 0.2) is 0 Å². The van der Waals surface area contributed by atoms with Gasteiger partial charge in [0, 0.05) is 13.7 Å². The van der Waals surface area contributed by atoms with Gasteiger partial charge in [0.2, 0.25) is 0 Å². The van der Waals surface area contributed by atoms with Gasteiger partial charge in [-0.2, -0.15) is 0 Å². The van der Waals surface area contributed by atoms with Gasteiger partial charge in [-0.15, -0.1) is 0 Å². The normalized spacial score (nSPS) is 26.8. The molecule has 2 heteroatoms. The fourth-order valence-corrected chi connectivity index (χ4v) is 2.61. The molecule has 1 rings (SSSR count). The van der Waals surface area contributed by atoms with E-state index in [2.05, 4.69) is 12.2 Å². The Bertz CT molecular complexity index is 139. The highest BCUT2D eigenvalue weighted by Gasteiger charge is 2.19. The van der Waals surface area contributed by atoms with Crippen LogP contribution in [0.5, 0.6) is 0 Å². The average Bonchev–Trinajstić information content (AvgIpc) is 2.27. The van der Waals surface area contributed by atoms with Gasteiger partial charge in [-0.1, -0.05) is 32.6 Å². The molecular formula is C13H27NO. The summed E-state index contributed by atoms with van der Waals surface area (Å²) in [6, 6.07) is 0. The molecule has 0 spiro atoms. The van der Waals surface area contributed by atoms with Crippen molar-refractivity contribution in [3.8, 4) is 0 Å². The van der Waals surface area contributed by atoms with Crippen LogP contribution >= 0.6 is 0 Å². The van der Waals surface area contributed by atoms with Crippen molar-refractivity contribution in [3.05, 3.63) is 0 Å². The summed E-state index contributed by atoms with van der Waals surface area (Å²) in [5.74, 6) is 1.96. The summed E-state index contributed by atoms with van der Waals surface area (Å²) in [5.41, 5.74) is 0. The van der Waals surface area contributed by atoms with Crippen molar-refractivity contribution < 1.29 is 4.74 Å². The Kier molecular flexibility index (Phi) is 7.03. The second-order valence-corrected chi connectivity index (χ2v) is 4.87. The van der Waals surface area contributed by atoms with Gasteiger partial charge in [0.15, 0.2) is 0 Å². The third-order valence-corrected chi connectivity index (χ3v) is 3.58. The van der Waals surface area contributed by atoms with Crippen LogP contribution in [-0.2, 0) is 4.74 Å². The van der Waals surface area contributed by atoms with E-state index >= 15 is 0 Å². The number of ether oxygens (including phenoxy) is 1. The van der Waals surface area contributed by atoms with Gasteiger partial charge in [0.25, 0.3) is 0 Å². The maximum absolute atomic E-state index is 5.02. The minimum atomic E-state index is 0.838. The molecule has 0 bridgehead atoms. The molecule has 1 N–H and O–H groups in total. The standard InChI is InChI=1S/C13H27NO/c1-3-4-12-5-7-13(8-6-12)11-14-9-10-15-2/h12-14H,3-11H2,1-2H3. The van der Waals surface area contributed by atoms with Crippen LogP contribution in [0, 0.1) is 11.8 Å². The van der Waals surface area contributed by atoms with Gasteiger partial charge in [-0.25, -0.2) is 0 Å². The second kappa shape index (κ2) is 8.12. The predicted molar refractivity (Wildman–Crippen MR) is 65.1 cm³/mol. The molecule has 0 atom stereocenters. The monoisotopic (exact) mass is 213 g/mol. The van der Waals surface area contributed by atoms with E-state index in [9.17, 15) is 0 Å². The Morgan fingerprint density at radius 2 is 1.80 bits per heavy atom. The van der Waals surface area contributed by atoms with Gasteiger partial charge in [-0.05, 0) is 31.2 Å². The number of nitrogens with one attached hydrogen (secondary N) is 1. The second-order valence-electron chi connectivity index (χ2n) is 4.87. The molecule has 1 aliphatic rings. The Morgan fingerprint density at radius 3 is 2.40 bits per heavy atom. The Hall–Kier alpha value is -0.0800. The summed E-state index contributed by atoms with van der Waals surface area (Å²) in [6.45, 7) is 5.34. The Morgan fingerprint density at radius 1 is 1.13 bits per heavy atom. The molecule has 0 aromatic rings. The third kappa shape index (κ3) is 5.53. The first-order valence-electron chi connectivity index (χ1n) is 6.56. The maximum atomic E-state index is 5.02. The Balaban J connectivity index is 1.99. The van der Waals surface area contributed by atoms with E-state index < -0.39 is 0 Å². The summed E-state index contributed by atoms with van der Waals surface area (Å²) < 4.78 is 5.02. The molecule has 1 saturated carbocycles. The first kappa shape index (κ1) is 13.0. The molecule has 0 unspecified atom stereocenters. The number of hydrogen-bond acceptors (Lipinski definition) is 2. The molecule has 1 fully saturated rings. The van der Waals surface area contributed by atoms with E-state index in [1.807, 2.05) is 0 Å². The van der Waals surface area contributed by atoms with Gasteiger partial charge in [-0.3, -0.25) is 0 Å². The smallest absolute Gasteiger partial charge is 0.0587 e. The van der Waals surface area contributed by atoms with Crippen molar-refractivity contribution in [1.82, 2.24) is 5.32 Å². The molecule has 15 heavy (non-hydrogen) atoms. The van der Waals surface area contributed by atoms with Crippen LogP contribution in [0.25, 0.3) is 0 Å². The summed E-state index contributed by atoms with van der Waals surface area (Å²) in [5, 5.41) is 3.48. The topological polar surface area (TPSA) is 21.3 Å². The van der Waals surface area contributed by atoms with Crippen molar-refractivity contribution in [2.45, 2.75) is 45.4 Å². The van der Waals surface area contributed by atoms with Crippen molar-refractivity contribution in [3.63, 3.8) is 0 Å². The zero-order valence-electron chi connectivity index (χ0n) is 10.4. The molecule has 0 saturated heterocycles. The van der Waals surface area contributed by atoms with Crippen LogP contribution in [0.3, 0.4) is 0 Å². The average molecular weight is 213 g/mol. The SMILES string of the molecule is CCCC1CCC(CNCCOC)CC1. The lowest BCUT2D eigenvalue weighted by molar-refractivity contribution is 0.193. The molecule has 0 aliphatic heterocycles. The summed E-state index contributed by atoms with van der Waals surface area (Å²) in [4.78, 5) is 0. The van der Waals surface area contributed by atoms with Crippen LogP contribution in [0.2, 0.25) is 0 Å². The van der Waals surface area contributed by atoms with Gasteiger partial charge < -0.3 is 10.1 Å². The van der Waals surface area contributed by atoms with Gasteiger partial charge >= 0.3 is 0 Å². The zero-order chi connectivity index (χ0) is 10.9. The summed E-state index contributed by atoms with van der Waals surface area (Å²) in [6.07, 6.45) is 8.61. The van der Waals surface area contributed by atoms with Crippen molar-refractivity contribution in [2.24, 2.45) is 11.8 Å². The number of hydrogen-bond donors (Lipinski definition) is 1. The first-order valence-corrected chi connectivity index (χ1v) is 6.56. The first-order chi connectivity index (χ1) is 7.36. The fraction of sp³-hybridized carbons (Fsp3) is 1.00. The van der Waals surface area contributed by atoms with Crippen molar-refractivity contribution in [2.75, 3.05) is 26.8 Å². The Labute approximate surface area is 94.8 Å². The molecule has 1 aliphatic carbocycles. The molecule has 0 aromatic heterocycles. The highest BCUT2D eigenvalue weighted by molar-refractivity contribution is 4.73. The number of methoxy groups -OCH3 is 1. The minimum absolute atomic E-state index is 0.838. The van der Waals surface area contributed by atoms with E-state index in [-0.39, 0.29) is 0 Å². The van der Waals surface area contributed by atoms with E-state index in [0.717, 1.165) is 25.0 Å². The summed E-state index contributed by atoms with van der Waals surface area (Å²) in [7, 11) is 1.76. The lowest BCUT2D eigenvalue weighted by Gasteiger charge is -2.28. The molecule has 90 valence electrons. The molecule has 0 radical (unpaired) electrons. The highest BCUT2D eigenvalue weighted by Crippen LogP contribution is 2.30. The van der Waals surface area contributed by atoms with E-state index in [0.29, 0.717) is 0 Å². The quantitative estimate of drug-likeness (QED) is 0.657. The molecule has 0 heterocycles. The maximum Gasteiger partial charge on any atom is 0.0587 e. The van der Waals surface area contributed by atoms with Crippen LogP contribution in [0.4, 0.5) is 0 Å². The van der Waals surface area contributed by atoms with Gasteiger partial charge in [0.05, 0.1) is 6.61 Å². The van der Waals surface area contributed by atoms with Crippen LogP contribution < -0.4 is 5.32 Å². The summed E-state index contributed by atoms with van der Waals surface area (Å²) >= 11 is 0. The van der Waals surface area contributed by atoms with E-state index in [4.69, 9.17) is 4.74 Å². The number of rotatable bonds is 7. The van der Waals surface area contributed by atoms with Crippen molar-refractivity contribution in [1.29, 1.82) is 0 Å². The zero-order valence-corrected chi connectivity index (χ0v) is 10.4. The largest absolute Gasteiger partial charge is 0.383 e.